The molecule has 2 heterocycles. The van der Waals surface area contributed by atoms with Crippen LogP contribution in [0, 0.1) is 11.7 Å². The number of benzene rings is 2. The van der Waals surface area contributed by atoms with E-state index in [9.17, 15) is 19.4 Å². The highest BCUT2D eigenvalue weighted by Gasteiger charge is 2.27. The molecule has 0 saturated carbocycles. The molecule has 2 aromatic carbocycles. The minimum atomic E-state index is -0.802. The van der Waals surface area contributed by atoms with Crippen molar-refractivity contribution in [2.24, 2.45) is 5.92 Å². The Morgan fingerprint density at radius 1 is 1.27 bits per heavy atom. The molecule has 4 N–H and O–H groups in total. The highest BCUT2D eigenvalue weighted by molar-refractivity contribution is 9.10. The maximum absolute atomic E-state index is 14.4. The molecular weight excluding hydrogens is 499 g/mol. The fraction of sp³-hybridized carbons (Fsp3) is 0.364. The molecule has 1 aliphatic rings. The number of ether oxygens (including phenoxy) is 2. The SMILES string of the molecule is COc1c(OCC2CCN(C)CC2)c(O)c2[nH]c(=O)nc(Nc3ccc(Br)cc3F)c2c1O. The van der Waals surface area contributed by atoms with Crippen LogP contribution in [0.2, 0.25) is 0 Å². The standard InChI is InChI=1S/C22H24BrFN4O5/c1-28-7-5-11(6-8-28)10-33-20-18(30)16-15(17(29)19(20)32-2)21(27-22(31)26-16)25-14-4-3-12(23)9-13(14)24/h3-4,9,11,29-30H,5-8,10H2,1-2H3,(H2,25,26,27,31). The lowest BCUT2D eigenvalue weighted by Crippen LogP contribution is -2.32. The summed E-state index contributed by atoms with van der Waals surface area (Å²) < 4.78 is 26.1. The Kier molecular flexibility index (Phi) is 6.61. The number of likely N-dealkylation sites (tertiary alicyclic amines) is 1. The van der Waals surface area contributed by atoms with Crippen molar-refractivity contribution in [2.75, 3.05) is 39.2 Å². The first-order chi connectivity index (χ1) is 15.8. The van der Waals surface area contributed by atoms with Crippen molar-refractivity contribution in [1.29, 1.82) is 0 Å². The van der Waals surface area contributed by atoms with Crippen LogP contribution in [0.1, 0.15) is 12.8 Å². The number of phenols is 2. The molecule has 0 aliphatic carbocycles. The predicted octanol–water partition coefficient (Wildman–Crippen LogP) is 3.71. The van der Waals surface area contributed by atoms with Gasteiger partial charge in [-0.15, -0.1) is 0 Å². The van der Waals surface area contributed by atoms with Gasteiger partial charge in [0.15, 0.2) is 11.5 Å². The minimum absolute atomic E-state index is 0.0260. The Labute approximate surface area is 197 Å². The van der Waals surface area contributed by atoms with Crippen molar-refractivity contribution < 1.29 is 24.1 Å². The summed E-state index contributed by atoms with van der Waals surface area (Å²) >= 11 is 3.18. The molecule has 1 saturated heterocycles. The number of aromatic hydroxyl groups is 2. The molecule has 0 amide bonds. The number of halogens is 2. The van der Waals surface area contributed by atoms with E-state index in [0.29, 0.717) is 11.1 Å². The van der Waals surface area contributed by atoms with E-state index < -0.39 is 23.0 Å². The molecule has 9 nitrogen and oxygen atoms in total. The van der Waals surface area contributed by atoms with Crippen LogP contribution in [0.15, 0.2) is 27.5 Å². The third-order valence-corrected chi connectivity index (χ3v) is 6.23. The summed E-state index contributed by atoms with van der Waals surface area (Å²) in [6.45, 7) is 2.20. The number of aromatic amines is 1. The van der Waals surface area contributed by atoms with Gasteiger partial charge in [-0.1, -0.05) is 15.9 Å². The molecule has 1 aliphatic heterocycles. The normalized spacial score (nSPS) is 15.0. The average Bonchev–Trinajstić information content (AvgIpc) is 2.78. The van der Waals surface area contributed by atoms with Gasteiger partial charge in [-0.25, -0.2) is 9.18 Å². The van der Waals surface area contributed by atoms with Gasteiger partial charge in [0.05, 0.1) is 24.8 Å². The van der Waals surface area contributed by atoms with Gasteiger partial charge < -0.3 is 34.9 Å². The van der Waals surface area contributed by atoms with Crippen LogP contribution in [0.25, 0.3) is 10.9 Å². The van der Waals surface area contributed by atoms with Crippen LogP contribution in [-0.4, -0.2) is 58.9 Å². The van der Waals surface area contributed by atoms with Crippen LogP contribution in [0.3, 0.4) is 0 Å². The Balaban J connectivity index is 1.76. The number of hydrogen-bond donors (Lipinski definition) is 4. The molecule has 0 unspecified atom stereocenters. The topological polar surface area (TPSA) is 120 Å². The molecule has 1 fully saturated rings. The average molecular weight is 523 g/mol. The molecule has 3 aromatic rings. The summed E-state index contributed by atoms with van der Waals surface area (Å²) in [6, 6.07) is 4.29. The van der Waals surface area contributed by atoms with E-state index in [-0.39, 0.29) is 39.8 Å². The number of nitrogens with zero attached hydrogens (tertiary/aromatic N) is 2. The van der Waals surface area contributed by atoms with Crippen molar-refractivity contribution in [3.05, 3.63) is 39.0 Å². The molecule has 1 aromatic heterocycles. The number of phenolic OH excluding ortho intramolecular Hbond substituents is 2. The van der Waals surface area contributed by atoms with E-state index in [1.165, 1.54) is 19.2 Å². The van der Waals surface area contributed by atoms with Crippen LogP contribution in [0.5, 0.6) is 23.0 Å². The maximum Gasteiger partial charge on any atom is 0.347 e. The van der Waals surface area contributed by atoms with Gasteiger partial charge in [-0.3, -0.25) is 0 Å². The fourth-order valence-electron chi connectivity index (χ4n) is 3.89. The fourth-order valence-corrected chi connectivity index (χ4v) is 4.22. The van der Waals surface area contributed by atoms with E-state index in [1.54, 1.807) is 6.07 Å². The number of hydrogen-bond acceptors (Lipinski definition) is 8. The number of anilines is 2. The summed E-state index contributed by atoms with van der Waals surface area (Å²) in [5, 5.41) is 24.6. The molecule has 176 valence electrons. The first-order valence-electron chi connectivity index (χ1n) is 10.4. The van der Waals surface area contributed by atoms with E-state index >= 15 is 0 Å². The quantitative estimate of drug-likeness (QED) is 0.361. The molecule has 0 spiro atoms. The smallest absolute Gasteiger partial charge is 0.347 e. The Morgan fingerprint density at radius 3 is 2.67 bits per heavy atom. The van der Waals surface area contributed by atoms with E-state index in [4.69, 9.17) is 9.47 Å². The Hall–Kier alpha value is -3.05. The van der Waals surface area contributed by atoms with Crippen LogP contribution >= 0.6 is 15.9 Å². The highest BCUT2D eigenvalue weighted by atomic mass is 79.9. The number of fused-ring (bicyclic) bond motifs is 1. The first-order valence-corrected chi connectivity index (χ1v) is 11.2. The van der Waals surface area contributed by atoms with Crippen molar-refractivity contribution in [3.63, 3.8) is 0 Å². The van der Waals surface area contributed by atoms with Crippen molar-refractivity contribution >= 4 is 38.3 Å². The zero-order chi connectivity index (χ0) is 23.7. The van der Waals surface area contributed by atoms with Gasteiger partial charge >= 0.3 is 5.69 Å². The number of nitrogens with one attached hydrogen (secondary N) is 2. The van der Waals surface area contributed by atoms with Crippen LogP contribution in [-0.2, 0) is 0 Å². The van der Waals surface area contributed by atoms with Gasteiger partial charge in [0.25, 0.3) is 0 Å². The van der Waals surface area contributed by atoms with E-state index in [2.05, 4.69) is 43.2 Å². The van der Waals surface area contributed by atoms with Gasteiger partial charge in [0.1, 0.15) is 17.2 Å². The lowest BCUT2D eigenvalue weighted by molar-refractivity contribution is 0.154. The second kappa shape index (κ2) is 9.44. The second-order valence-corrected chi connectivity index (χ2v) is 8.92. The highest BCUT2D eigenvalue weighted by Crippen LogP contribution is 2.51. The van der Waals surface area contributed by atoms with Crippen molar-refractivity contribution in [1.82, 2.24) is 14.9 Å². The third-order valence-electron chi connectivity index (χ3n) is 5.73. The lowest BCUT2D eigenvalue weighted by atomic mass is 9.98. The second-order valence-electron chi connectivity index (χ2n) is 8.01. The van der Waals surface area contributed by atoms with Crippen LogP contribution in [0.4, 0.5) is 15.9 Å². The summed E-state index contributed by atoms with van der Waals surface area (Å²) in [6.07, 6.45) is 1.87. The molecule has 4 rings (SSSR count). The van der Waals surface area contributed by atoms with Gasteiger partial charge in [-0.2, -0.15) is 4.98 Å². The monoisotopic (exact) mass is 522 g/mol. The Morgan fingerprint density at radius 2 is 2.00 bits per heavy atom. The van der Waals surface area contributed by atoms with Gasteiger partial charge in [0.2, 0.25) is 11.5 Å². The first kappa shape index (κ1) is 23.1. The molecule has 33 heavy (non-hydrogen) atoms. The molecule has 11 heteroatoms. The minimum Gasteiger partial charge on any atom is -0.504 e. The molecule has 0 atom stereocenters. The molecular formula is C22H24BrFN4O5. The number of rotatable bonds is 6. The maximum atomic E-state index is 14.4. The van der Waals surface area contributed by atoms with Gasteiger partial charge in [0, 0.05) is 4.47 Å². The zero-order valence-electron chi connectivity index (χ0n) is 18.1. The molecule has 0 radical (unpaired) electrons. The lowest BCUT2D eigenvalue weighted by Gasteiger charge is -2.29. The summed E-state index contributed by atoms with van der Waals surface area (Å²) in [5.74, 6) is -1.49. The zero-order valence-corrected chi connectivity index (χ0v) is 19.7. The molecule has 0 bridgehead atoms. The number of piperidine rings is 1. The Bertz CT molecular complexity index is 1240. The predicted molar refractivity (Wildman–Crippen MR) is 125 cm³/mol. The largest absolute Gasteiger partial charge is 0.504 e. The van der Waals surface area contributed by atoms with E-state index in [0.717, 1.165) is 25.9 Å². The van der Waals surface area contributed by atoms with Crippen molar-refractivity contribution in [2.45, 2.75) is 12.8 Å². The number of methoxy groups -OCH3 is 1. The summed E-state index contributed by atoms with van der Waals surface area (Å²) in [5.41, 5.74) is -0.881. The summed E-state index contributed by atoms with van der Waals surface area (Å²) in [4.78, 5) is 20.7. The van der Waals surface area contributed by atoms with Gasteiger partial charge in [-0.05, 0) is 57.1 Å². The van der Waals surface area contributed by atoms with Crippen LogP contribution < -0.4 is 20.5 Å². The van der Waals surface area contributed by atoms with E-state index in [1.807, 2.05) is 0 Å². The van der Waals surface area contributed by atoms with Crippen molar-refractivity contribution in [3.8, 4) is 23.0 Å². The number of aromatic nitrogens is 2. The summed E-state index contributed by atoms with van der Waals surface area (Å²) in [7, 11) is 3.38. The number of H-pyrrole nitrogens is 1. The third kappa shape index (κ3) is 4.69.